The van der Waals surface area contributed by atoms with Crippen molar-refractivity contribution in [1.29, 1.82) is 0 Å². The number of hydrogen-bond acceptors (Lipinski definition) is 5. The lowest BCUT2D eigenvalue weighted by atomic mass is 9.97. The number of halogens is 1. The molecule has 174 valence electrons. The average Bonchev–Trinajstić information content (AvgIpc) is 3.18. The molecule has 0 aliphatic carbocycles. The van der Waals surface area contributed by atoms with Crippen molar-refractivity contribution < 1.29 is 18.5 Å². The summed E-state index contributed by atoms with van der Waals surface area (Å²) in [5, 5.41) is 15.1. The highest BCUT2D eigenvalue weighted by atomic mass is 32.2. The van der Waals surface area contributed by atoms with Gasteiger partial charge in [0.15, 0.2) is 5.82 Å². The van der Waals surface area contributed by atoms with Crippen molar-refractivity contribution in [2.45, 2.75) is 59.5 Å². The number of nitrogens with zero attached hydrogens (tertiary/aromatic N) is 4. The molecule has 1 unspecified atom stereocenters. The number of aryl methyl sites for hydroxylation is 1. The topological polar surface area (TPSA) is 90.7 Å². The van der Waals surface area contributed by atoms with Crippen molar-refractivity contribution >= 4 is 22.8 Å². The van der Waals surface area contributed by atoms with Gasteiger partial charge in [-0.15, -0.1) is 0 Å². The number of nitrogens with one attached hydrogen (secondary N) is 1. The van der Waals surface area contributed by atoms with E-state index in [9.17, 15) is 14.1 Å². The molecular weight excluding hydrogens is 433 g/mol. The van der Waals surface area contributed by atoms with Crippen LogP contribution in [0.4, 0.5) is 10.1 Å². The van der Waals surface area contributed by atoms with E-state index in [1.165, 1.54) is 11.6 Å². The third-order valence-corrected chi connectivity index (χ3v) is 7.30. The number of benzene rings is 1. The fraction of sp³-hybridized carbons (Fsp3) is 0.545. The highest BCUT2D eigenvalue weighted by molar-refractivity contribution is 7.85. The first-order valence-corrected chi connectivity index (χ1v) is 11.9. The van der Waals surface area contributed by atoms with Gasteiger partial charge in [0.1, 0.15) is 18.0 Å². The Morgan fingerprint density at radius 3 is 2.59 bits per heavy atom. The van der Waals surface area contributed by atoms with Gasteiger partial charge in [-0.1, -0.05) is 0 Å². The Kier molecular flexibility index (Phi) is 5.79. The van der Waals surface area contributed by atoms with Crippen molar-refractivity contribution in [3.05, 3.63) is 40.0 Å². The molecule has 1 saturated heterocycles. The Morgan fingerprint density at radius 1 is 1.28 bits per heavy atom. The highest BCUT2D eigenvalue weighted by Gasteiger charge is 2.34. The zero-order valence-electron chi connectivity index (χ0n) is 19.2. The van der Waals surface area contributed by atoms with Crippen LogP contribution in [0.5, 0.6) is 5.75 Å². The minimum absolute atomic E-state index is 0.0927. The van der Waals surface area contributed by atoms with Gasteiger partial charge in [-0.05, 0) is 64.7 Å². The van der Waals surface area contributed by atoms with Crippen molar-refractivity contribution in [3.8, 4) is 5.75 Å². The van der Waals surface area contributed by atoms with Crippen LogP contribution >= 0.6 is 0 Å². The maximum Gasteiger partial charge on any atom is 0.253 e. The molecule has 0 bridgehead atoms. The van der Waals surface area contributed by atoms with E-state index in [0.717, 1.165) is 40.8 Å². The number of aromatic hydroxyl groups is 1. The molecule has 1 amide bonds. The Balaban J connectivity index is 1.54. The minimum Gasteiger partial charge on any atom is -0.506 e. The summed E-state index contributed by atoms with van der Waals surface area (Å²) in [6.45, 7) is 12.1. The van der Waals surface area contributed by atoms with E-state index in [0.29, 0.717) is 18.5 Å². The summed E-state index contributed by atoms with van der Waals surface area (Å²) in [7, 11) is 0. The van der Waals surface area contributed by atoms with Crippen LogP contribution in [0, 0.1) is 19.7 Å². The number of anilines is 1. The van der Waals surface area contributed by atoms with Crippen LogP contribution in [0.25, 0.3) is 0 Å². The first-order valence-electron chi connectivity index (χ1n) is 10.8. The molecule has 32 heavy (non-hydrogen) atoms. The van der Waals surface area contributed by atoms with Crippen LogP contribution in [0.2, 0.25) is 0 Å². The van der Waals surface area contributed by atoms with Crippen LogP contribution in [0.1, 0.15) is 48.8 Å². The summed E-state index contributed by atoms with van der Waals surface area (Å²) in [5.74, 6) is -1.37. The smallest absolute Gasteiger partial charge is 0.253 e. The summed E-state index contributed by atoms with van der Waals surface area (Å²) >= 11 is -1.90. The molecule has 3 heterocycles. The second-order valence-electron chi connectivity index (χ2n) is 9.52. The number of carbonyl (C=O) groups excluding carboxylic acids is 1. The first-order chi connectivity index (χ1) is 15.0. The summed E-state index contributed by atoms with van der Waals surface area (Å²) < 4.78 is 32.9. The van der Waals surface area contributed by atoms with E-state index < -0.39 is 22.9 Å². The molecule has 4 rings (SSSR count). The molecular formula is C22H30FN5O3S. The van der Waals surface area contributed by atoms with Crippen LogP contribution in [0.3, 0.4) is 0 Å². The van der Waals surface area contributed by atoms with Gasteiger partial charge in [-0.25, -0.2) is 8.60 Å². The molecule has 2 N–H and O–H groups in total. The number of carbonyl (C=O) groups is 1. The third kappa shape index (κ3) is 4.01. The number of amides is 1. The number of hydrogen-bond donors (Lipinski definition) is 2. The predicted molar refractivity (Wildman–Crippen MR) is 121 cm³/mol. The van der Waals surface area contributed by atoms with Gasteiger partial charge in [0, 0.05) is 30.9 Å². The minimum atomic E-state index is -1.90. The van der Waals surface area contributed by atoms with E-state index in [1.54, 1.807) is 0 Å². The molecule has 1 aromatic heterocycles. The lowest BCUT2D eigenvalue weighted by Crippen LogP contribution is -2.34. The molecule has 1 aromatic carbocycles. The second kappa shape index (κ2) is 8.15. The second-order valence-corrected chi connectivity index (χ2v) is 10.7. The molecule has 0 saturated carbocycles. The Hall–Kier alpha value is -2.46. The normalized spacial score (nSPS) is 19.4. The summed E-state index contributed by atoms with van der Waals surface area (Å²) in [6, 6.07) is 1.53. The predicted octanol–water partition coefficient (Wildman–Crippen LogP) is 2.22. The van der Waals surface area contributed by atoms with Crippen molar-refractivity contribution in [2.24, 2.45) is 0 Å². The van der Waals surface area contributed by atoms with E-state index in [-0.39, 0.29) is 23.5 Å². The SMILES string of the molecule is Cc1nn(C(C)(C)C)c(C)c1CCN1CCc2cc(O)c(N3CC(=O)NS3=O)c(F)c2C1. The van der Waals surface area contributed by atoms with Crippen LogP contribution < -0.4 is 9.03 Å². The number of phenols is 1. The van der Waals surface area contributed by atoms with Crippen molar-refractivity contribution in [1.82, 2.24) is 19.4 Å². The van der Waals surface area contributed by atoms with Gasteiger partial charge in [-0.3, -0.25) is 23.4 Å². The molecule has 1 atom stereocenters. The fourth-order valence-corrected chi connectivity index (χ4v) is 5.56. The molecule has 2 aliphatic heterocycles. The maximum atomic E-state index is 15.5. The third-order valence-electron chi connectivity index (χ3n) is 6.19. The van der Waals surface area contributed by atoms with Gasteiger partial charge < -0.3 is 5.11 Å². The highest BCUT2D eigenvalue weighted by Crippen LogP contribution is 2.38. The maximum absolute atomic E-state index is 15.5. The zero-order chi connectivity index (χ0) is 23.4. The van der Waals surface area contributed by atoms with Gasteiger partial charge in [0.25, 0.3) is 5.91 Å². The summed E-state index contributed by atoms with van der Waals surface area (Å²) in [6.07, 6.45) is 1.42. The Labute approximate surface area is 190 Å². The summed E-state index contributed by atoms with van der Waals surface area (Å²) in [4.78, 5) is 13.8. The van der Waals surface area contributed by atoms with Crippen LogP contribution in [0.15, 0.2) is 6.07 Å². The van der Waals surface area contributed by atoms with Crippen molar-refractivity contribution in [2.75, 3.05) is 23.9 Å². The van der Waals surface area contributed by atoms with E-state index in [1.807, 2.05) is 6.92 Å². The molecule has 2 aliphatic rings. The number of fused-ring (bicyclic) bond motifs is 1. The number of phenolic OH excluding ortho intramolecular Hbond substituents is 1. The van der Waals surface area contributed by atoms with Gasteiger partial charge in [0.05, 0.1) is 11.2 Å². The largest absolute Gasteiger partial charge is 0.506 e. The van der Waals surface area contributed by atoms with E-state index in [4.69, 9.17) is 5.10 Å². The van der Waals surface area contributed by atoms with E-state index >= 15 is 4.39 Å². The van der Waals surface area contributed by atoms with Crippen molar-refractivity contribution in [3.63, 3.8) is 0 Å². The summed E-state index contributed by atoms with van der Waals surface area (Å²) in [5.41, 5.74) is 4.35. The molecule has 0 radical (unpaired) electrons. The van der Waals surface area contributed by atoms with Crippen LogP contribution in [-0.4, -0.2) is 49.5 Å². The van der Waals surface area contributed by atoms with Crippen LogP contribution in [-0.2, 0) is 40.9 Å². The molecule has 10 heteroatoms. The zero-order valence-corrected chi connectivity index (χ0v) is 20.0. The monoisotopic (exact) mass is 463 g/mol. The Morgan fingerprint density at radius 2 is 2.00 bits per heavy atom. The lowest BCUT2D eigenvalue weighted by Gasteiger charge is -2.30. The number of aromatic nitrogens is 2. The number of rotatable bonds is 4. The Bertz CT molecular complexity index is 1110. The fourth-order valence-electron chi connectivity index (χ4n) is 4.62. The molecule has 8 nitrogen and oxygen atoms in total. The first kappa shape index (κ1) is 22.7. The molecule has 2 aromatic rings. The quantitative estimate of drug-likeness (QED) is 0.726. The molecule has 1 fully saturated rings. The lowest BCUT2D eigenvalue weighted by molar-refractivity contribution is -0.117. The average molecular weight is 464 g/mol. The van der Waals surface area contributed by atoms with Gasteiger partial charge in [-0.2, -0.15) is 5.10 Å². The molecule has 0 spiro atoms. The van der Waals surface area contributed by atoms with E-state index in [2.05, 4.69) is 42.0 Å². The van der Waals surface area contributed by atoms with Gasteiger partial charge >= 0.3 is 0 Å². The standard InChI is InChI=1S/C22H30FN5O3S/c1-13-16(14(2)28(24-13)22(3,4)5)7-9-26-8-6-15-10-18(29)21(20(23)17(15)11-26)27-12-19(30)25-32(27)31/h10,29H,6-9,11-12H2,1-5H3,(H,25,30). The van der Waals surface area contributed by atoms with Gasteiger partial charge in [0.2, 0.25) is 11.2 Å².